The summed E-state index contributed by atoms with van der Waals surface area (Å²) in [6.45, 7) is 5.49. The summed E-state index contributed by atoms with van der Waals surface area (Å²) in [5.41, 5.74) is 0.745. The Balaban J connectivity index is 2.16. The van der Waals surface area contributed by atoms with Crippen LogP contribution in [-0.4, -0.2) is 65.6 Å². The van der Waals surface area contributed by atoms with Crippen LogP contribution in [0.25, 0.3) is 0 Å². The standard InChI is InChI=1S/C32H39Cl2N3O7S/c1-7-26(32(39)35-18-21(2)3)36(19-22-8-10-23(33)11-9-22)31(38)20-37(27-16-24(34)12-14-28(27)42-4)45(40,41)25-13-15-29(43-5)30(17-25)44-6/h8-17,21,26H,7,18-20H2,1-6H3,(H,35,39)/t26-/m1/s1. The van der Waals surface area contributed by atoms with Crippen LogP contribution in [0.1, 0.15) is 32.8 Å². The van der Waals surface area contributed by atoms with E-state index >= 15 is 0 Å². The van der Waals surface area contributed by atoms with E-state index in [1.165, 1.54) is 56.6 Å². The molecule has 0 saturated carbocycles. The van der Waals surface area contributed by atoms with E-state index in [1.807, 2.05) is 13.8 Å². The molecule has 0 bridgehead atoms. The Kier molecular flexibility index (Phi) is 12.8. The monoisotopic (exact) mass is 679 g/mol. The number of rotatable bonds is 15. The molecule has 0 aliphatic heterocycles. The molecule has 3 rings (SSSR count). The van der Waals surface area contributed by atoms with Crippen LogP contribution in [-0.2, 0) is 26.2 Å². The molecule has 3 aromatic rings. The van der Waals surface area contributed by atoms with Crippen molar-refractivity contribution < 1.29 is 32.2 Å². The fourth-order valence-corrected chi connectivity index (χ4v) is 6.33. The Morgan fingerprint density at radius 3 is 2.02 bits per heavy atom. The van der Waals surface area contributed by atoms with Gasteiger partial charge in [-0.3, -0.25) is 13.9 Å². The average molecular weight is 681 g/mol. The lowest BCUT2D eigenvalue weighted by Gasteiger charge is -2.33. The largest absolute Gasteiger partial charge is 0.495 e. The summed E-state index contributed by atoms with van der Waals surface area (Å²) in [6, 6.07) is 14.6. The van der Waals surface area contributed by atoms with Crippen molar-refractivity contribution >= 4 is 50.7 Å². The molecule has 0 aliphatic rings. The maximum atomic E-state index is 14.4. The molecule has 0 radical (unpaired) electrons. The first-order chi connectivity index (χ1) is 21.4. The Morgan fingerprint density at radius 2 is 1.44 bits per heavy atom. The minimum atomic E-state index is -4.45. The Hall–Kier alpha value is -3.67. The van der Waals surface area contributed by atoms with Gasteiger partial charge in [0.15, 0.2) is 11.5 Å². The van der Waals surface area contributed by atoms with Gasteiger partial charge in [0, 0.05) is 29.2 Å². The molecule has 10 nitrogen and oxygen atoms in total. The molecule has 13 heteroatoms. The topological polar surface area (TPSA) is 114 Å². The normalized spacial score (nSPS) is 11.9. The van der Waals surface area contributed by atoms with E-state index in [0.29, 0.717) is 22.9 Å². The van der Waals surface area contributed by atoms with Gasteiger partial charge in [-0.25, -0.2) is 8.42 Å². The predicted molar refractivity (Wildman–Crippen MR) is 176 cm³/mol. The molecule has 45 heavy (non-hydrogen) atoms. The number of hydrogen-bond donors (Lipinski definition) is 1. The van der Waals surface area contributed by atoms with E-state index < -0.39 is 28.5 Å². The highest BCUT2D eigenvalue weighted by Crippen LogP contribution is 2.37. The third-order valence-corrected chi connectivity index (χ3v) is 9.21. The SMILES string of the molecule is CC[C@H](C(=O)NCC(C)C)N(Cc1ccc(Cl)cc1)C(=O)CN(c1cc(Cl)ccc1OC)S(=O)(=O)c1ccc(OC)c(OC)c1. The minimum absolute atomic E-state index is 0.0283. The summed E-state index contributed by atoms with van der Waals surface area (Å²) in [5, 5.41) is 3.64. The highest BCUT2D eigenvalue weighted by molar-refractivity contribution is 7.92. The number of carbonyl (C=O) groups is 2. The van der Waals surface area contributed by atoms with Crippen LogP contribution in [0.2, 0.25) is 10.0 Å². The summed E-state index contributed by atoms with van der Waals surface area (Å²) < 4.78 is 45.7. The van der Waals surface area contributed by atoms with Crippen molar-refractivity contribution in [3.8, 4) is 17.2 Å². The Labute approximate surface area is 275 Å². The van der Waals surface area contributed by atoms with E-state index in [1.54, 1.807) is 37.3 Å². The number of nitrogens with zero attached hydrogens (tertiary/aromatic N) is 2. The molecule has 0 spiro atoms. The summed E-state index contributed by atoms with van der Waals surface area (Å²) in [5.74, 6) is -0.107. The maximum absolute atomic E-state index is 14.4. The van der Waals surface area contributed by atoms with Crippen LogP contribution < -0.4 is 23.8 Å². The molecular weight excluding hydrogens is 641 g/mol. The number of amides is 2. The van der Waals surface area contributed by atoms with E-state index in [0.717, 1.165) is 4.31 Å². The number of halogens is 2. The lowest BCUT2D eigenvalue weighted by atomic mass is 10.1. The van der Waals surface area contributed by atoms with Crippen molar-refractivity contribution in [2.45, 2.75) is 44.7 Å². The van der Waals surface area contributed by atoms with E-state index in [4.69, 9.17) is 37.4 Å². The molecule has 0 aliphatic carbocycles. The van der Waals surface area contributed by atoms with E-state index in [-0.39, 0.29) is 51.9 Å². The number of hydrogen-bond acceptors (Lipinski definition) is 7. The molecule has 0 heterocycles. The van der Waals surface area contributed by atoms with Gasteiger partial charge in [-0.05, 0) is 60.4 Å². The molecular formula is C32H39Cl2N3O7S. The second-order valence-electron chi connectivity index (χ2n) is 10.6. The second-order valence-corrected chi connectivity index (χ2v) is 13.3. The maximum Gasteiger partial charge on any atom is 0.265 e. The number of sulfonamides is 1. The zero-order chi connectivity index (χ0) is 33.3. The molecule has 0 aromatic heterocycles. The van der Waals surface area contributed by atoms with Crippen LogP contribution in [0.4, 0.5) is 5.69 Å². The van der Waals surface area contributed by atoms with Gasteiger partial charge >= 0.3 is 0 Å². The van der Waals surface area contributed by atoms with Crippen LogP contribution in [0.3, 0.4) is 0 Å². The van der Waals surface area contributed by atoms with Crippen LogP contribution in [0, 0.1) is 5.92 Å². The summed E-state index contributed by atoms with van der Waals surface area (Å²) in [6.07, 6.45) is 0.284. The zero-order valence-electron chi connectivity index (χ0n) is 26.2. The average Bonchev–Trinajstić information content (AvgIpc) is 3.02. The first kappa shape index (κ1) is 35.8. The van der Waals surface area contributed by atoms with Crippen molar-refractivity contribution in [3.63, 3.8) is 0 Å². The highest BCUT2D eigenvalue weighted by atomic mass is 35.5. The van der Waals surface area contributed by atoms with Crippen LogP contribution in [0.15, 0.2) is 65.6 Å². The fraction of sp³-hybridized carbons (Fsp3) is 0.375. The van der Waals surface area contributed by atoms with Gasteiger partial charge in [0.25, 0.3) is 10.0 Å². The van der Waals surface area contributed by atoms with Crippen molar-refractivity contribution in [2.24, 2.45) is 5.92 Å². The molecule has 244 valence electrons. The number of nitrogens with one attached hydrogen (secondary N) is 1. The van der Waals surface area contributed by atoms with Gasteiger partial charge < -0.3 is 24.4 Å². The first-order valence-electron chi connectivity index (χ1n) is 14.3. The summed E-state index contributed by atoms with van der Waals surface area (Å²) in [7, 11) is -0.242. The quantitative estimate of drug-likeness (QED) is 0.216. The van der Waals surface area contributed by atoms with Gasteiger partial charge in [-0.1, -0.05) is 56.1 Å². The molecule has 1 atom stereocenters. The Morgan fingerprint density at radius 1 is 0.844 bits per heavy atom. The number of carbonyl (C=O) groups excluding carboxylic acids is 2. The van der Waals surface area contributed by atoms with E-state index in [2.05, 4.69) is 5.32 Å². The van der Waals surface area contributed by atoms with E-state index in [9.17, 15) is 18.0 Å². The van der Waals surface area contributed by atoms with Gasteiger partial charge in [0.2, 0.25) is 11.8 Å². The molecule has 1 N–H and O–H groups in total. The molecule has 0 saturated heterocycles. The summed E-state index contributed by atoms with van der Waals surface area (Å²) >= 11 is 12.4. The second kappa shape index (κ2) is 16.1. The first-order valence-corrected chi connectivity index (χ1v) is 16.5. The van der Waals surface area contributed by atoms with Crippen molar-refractivity contribution in [1.82, 2.24) is 10.2 Å². The van der Waals surface area contributed by atoms with Gasteiger partial charge in [0.05, 0.1) is 31.9 Å². The number of benzene rings is 3. The highest BCUT2D eigenvalue weighted by Gasteiger charge is 2.35. The fourth-order valence-electron chi connectivity index (χ4n) is 4.60. The molecule has 0 fully saturated rings. The van der Waals surface area contributed by atoms with Gasteiger partial charge in [-0.2, -0.15) is 0 Å². The number of anilines is 1. The predicted octanol–water partition coefficient (Wildman–Crippen LogP) is 5.79. The molecule has 0 unspecified atom stereocenters. The smallest absolute Gasteiger partial charge is 0.265 e. The van der Waals surface area contributed by atoms with Crippen molar-refractivity contribution in [2.75, 3.05) is 38.7 Å². The lowest BCUT2D eigenvalue weighted by molar-refractivity contribution is -0.140. The number of methoxy groups -OCH3 is 3. The molecule has 3 aromatic carbocycles. The molecule has 2 amide bonds. The van der Waals surface area contributed by atoms with Gasteiger partial charge in [-0.15, -0.1) is 0 Å². The van der Waals surface area contributed by atoms with Crippen molar-refractivity contribution in [1.29, 1.82) is 0 Å². The number of ether oxygens (including phenoxy) is 3. The Bertz CT molecular complexity index is 1580. The van der Waals surface area contributed by atoms with Crippen molar-refractivity contribution in [3.05, 3.63) is 76.3 Å². The van der Waals surface area contributed by atoms with Crippen LogP contribution in [0.5, 0.6) is 17.2 Å². The van der Waals surface area contributed by atoms with Crippen LogP contribution >= 0.6 is 23.2 Å². The third-order valence-electron chi connectivity index (χ3n) is 6.97. The lowest BCUT2D eigenvalue weighted by Crippen LogP contribution is -2.52. The zero-order valence-corrected chi connectivity index (χ0v) is 28.5. The third kappa shape index (κ3) is 8.96. The minimum Gasteiger partial charge on any atom is -0.495 e. The summed E-state index contributed by atoms with van der Waals surface area (Å²) in [4.78, 5) is 28.9. The van der Waals surface area contributed by atoms with Gasteiger partial charge in [0.1, 0.15) is 18.3 Å².